The summed E-state index contributed by atoms with van der Waals surface area (Å²) in [4.78, 5) is 24.3. The Morgan fingerprint density at radius 1 is 1.00 bits per heavy atom. The minimum Gasteiger partial charge on any atom is -0.466 e. The summed E-state index contributed by atoms with van der Waals surface area (Å²) in [7, 11) is 1.97. The first kappa shape index (κ1) is 22.4. The topological polar surface area (TPSA) is 69.6 Å². The Kier molecular flexibility index (Phi) is 6.66. The molecule has 1 amide bonds. The zero-order valence-corrected chi connectivity index (χ0v) is 19.1. The van der Waals surface area contributed by atoms with Crippen LogP contribution < -0.4 is 10.1 Å². The molecule has 4 aromatic rings. The third kappa shape index (κ3) is 5.35. The fourth-order valence-electron chi connectivity index (χ4n) is 3.48. The molecule has 1 aromatic heterocycles. The Morgan fingerprint density at radius 3 is 2.52 bits per heavy atom. The minimum atomic E-state index is -0.302. The predicted octanol–water partition coefficient (Wildman–Crippen LogP) is 5.98. The molecule has 7 heteroatoms. The van der Waals surface area contributed by atoms with Gasteiger partial charge >= 0.3 is 5.97 Å². The first-order chi connectivity index (χ1) is 15.9. The molecule has 0 radical (unpaired) electrons. The van der Waals surface area contributed by atoms with Crippen molar-refractivity contribution in [3.8, 4) is 11.5 Å². The van der Waals surface area contributed by atoms with Crippen LogP contribution in [0.25, 0.3) is 10.9 Å². The summed E-state index contributed by atoms with van der Waals surface area (Å²) >= 11 is 6.32. The molecular formula is C26H23ClN2O4. The Morgan fingerprint density at radius 2 is 1.79 bits per heavy atom. The number of carbonyl (C=O) groups excluding carboxylic acids is 2. The maximum absolute atomic E-state index is 12.6. The molecule has 0 fully saturated rings. The Balaban J connectivity index is 1.39. The molecule has 168 valence electrons. The van der Waals surface area contributed by atoms with E-state index in [1.807, 2.05) is 42.1 Å². The lowest BCUT2D eigenvalue weighted by Crippen LogP contribution is -2.11. The molecule has 3 aromatic carbocycles. The number of ether oxygens (including phenoxy) is 2. The number of aryl methyl sites for hydroxylation is 1. The zero-order chi connectivity index (χ0) is 23.4. The number of nitrogens with one attached hydrogen (secondary N) is 1. The number of hydrogen-bond acceptors (Lipinski definition) is 4. The third-order valence-electron chi connectivity index (χ3n) is 5.14. The van der Waals surface area contributed by atoms with Gasteiger partial charge in [0.15, 0.2) is 0 Å². The van der Waals surface area contributed by atoms with Gasteiger partial charge in [-0.15, -0.1) is 0 Å². The molecule has 6 nitrogen and oxygen atoms in total. The maximum atomic E-state index is 12.6. The molecule has 0 saturated carbocycles. The minimum absolute atomic E-state index is 0.152. The standard InChI is InChI=1S/C26H23ClN2O4/c1-3-32-25(30)15-17-4-11-24(22(27)14-17)33-21-8-6-20(7-9-21)28-26(31)19-5-10-23-18(16-19)12-13-29(23)2/h4-14,16H,3,15H2,1-2H3,(H,28,31). The molecule has 0 aliphatic rings. The Labute approximate surface area is 196 Å². The van der Waals surface area contributed by atoms with Crippen LogP contribution in [0.3, 0.4) is 0 Å². The van der Waals surface area contributed by atoms with E-state index in [0.717, 1.165) is 16.5 Å². The van der Waals surface area contributed by atoms with E-state index in [1.54, 1.807) is 49.4 Å². The van der Waals surface area contributed by atoms with Crippen LogP contribution in [0.2, 0.25) is 5.02 Å². The second kappa shape index (κ2) is 9.79. The van der Waals surface area contributed by atoms with E-state index in [2.05, 4.69) is 5.32 Å². The van der Waals surface area contributed by atoms with Crippen LogP contribution in [-0.2, 0) is 23.0 Å². The van der Waals surface area contributed by atoms with Crippen molar-refractivity contribution in [2.24, 2.45) is 7.05 Å². The van der Waals surface area contributed by atoms with Crippen molar-refractivity contribution in [3.63, 3.8) is 0 Å². The molecule has 0 saturated heterocycles. The van der Waals surface area contributed by atoms with Crippen molar-refractivity contribution in [1.82, 2.24) is 4.57 Å². The SMILES string of the molecule is CCOC(=O)Cc1ccc(Oc2ccc(NC(=O)c3ccc4c(ccn4C)c3)cc2)c(Cl)c1. The molecule has 1 N–H and O–H groups in total. The highest BCUT2D eigenvalue weighted by Crippen LogP contribution is 2.31. The first-order valence-electron chi connectivity index (χ1n) is 10.5. The maximum Gasteiger partial charge on any atom is 0.310 e. The molecule has 0 aliphatic carbocycles. The van der Waals surface area contributed by atoms with Gasteiger partial charge in [-0.2, -0.15) is 0 Å². The van der Waals surface area contributed by atoms with Gasteiger partial charge in [0.05, 0.1) is 18.1 Å². The first-order valence-corrected chi connectivity index (χ1v) is 10.9. The fourth-order valence-corrected chi connectivity index (χ4v) is 3.72. The lowest BCUT2D eigenvalue weighted by Gasteiger charge is -2.11. The highest BCUT2D eigenvalue weighted by molar-refractivity contribution is 6.32. The van der Waals surface area contributed by atoms with Crippen LogP contribution >= 0.6 is 11.6 Å². The second-order valence-electron chi connectivity index (χ2n) is 7.53. The summed E-state index contributed by atoms with van der Waals surface area (Å²) in [5.74, 6) is 0.550. The number of rotatable bonds is 7. The average Bonchev–Trinajstić information content (AvgIpc) is 3.17. The predicted molar refractivity (Wildman–Crippen MR) is 129 cm³/mol. The van der Waals surface area contributed by atoms with Gasteiger partial charge in [-0.05, 0) is 73.2 Å². The van der Waals surface area contributed by atoms with Crippen LogP contribution in [0.5, 0.6) is 11.5 Å². The quantitative estimate of drug-likeness (QED) is 0.343. The summed E-state index contributed by atoms with van der Waals surface area (Å²) in [6, 6.07) is 19.8. The summed E-state index contributed by atoms with van der Waals surface area (Å²) in [5, 5.41) is 4.30. The smallest absolute Gasteiger partial charge is 0.310 e. The van der Waals surface area contributed by atoms with Gasteiger partial charge in [-0.1, -0.05) is 17.7 Å². The average molecular weight is 463 g/mol. The molecule has 0 aliphatic heterocycles. The highest BCUT2D eigenvalue weighted by atomic mass is 35.5. The van der Waals surface area contributed by atoms with E-state index >= 15 is 0 Å². The van der Waals surface area contributed by atoms with Gasteiger partial charge in [0.2, 0.25) is 0 Å². The van der Waals surface area contributed by atoms with Crippen LogP contribution in [0, 0.1) is 0 Å². The molecule has 0 atom stereocenters. The number of amides is 1. The summed E-state index contributed by atoms with van der Waals surface area (Å²) in [6.07, 6.45) is 2.12. The van der Waals surface area contributed by atoms with E-state index < -0.39 is 0 Å². The van der Waals surface area contributed by atoms with Crippen molar-refractivity contribution in [3.05, 3.63) is 89.1 Å². The molecular weight excluding hydrogens is 440 g/mol. The lowest BCUT2D eigenvalue weighted by atomic mass is 10.1. The summed E-state index contributed by atoms with van der Waals surface area (Å²) in [5.41, 5.74) is 3.05. The number of aromatic nitrogens is 1. The second-order valence-corrected chi connectivity index (χ2v) is 7.93. The van der Waals surface area contributed by atoms with Crippen molar-refractivity contribution >= 4 is 40.1 Å². The number of anilines is 1. The van der Waals surface area contributed by atoms with Crippen molar-refractivity contribution in [2.45, 2.75) is 13.3 Å². The fraction of sp³-hybridized carbons (Fsp3) is 0.154. The zero-order valence-electron chi connectivity index (χ0n) is 18.3. The van der Waals surface area contributed by atoms with Crippen molar-refractivity contribution in [1.29, 1.82) is 0 Å². The highest BCUT2D eigenvalue weighted by Gasteiger charge is 2.11. The van der Waals surface area contributed by atoms with Gasteiger partial charge < -0.3 is 19.4 Å². The van der Waals surface area contributed by atoms with Crippen LogP contribution in [0.15, 0.2) is 72.9 Å². The number of halogens is 1. The number of fused-ring (bicyclic) bond motifs is 1. The van der Waals surface area contributed by atoms with Crippen LogP contribution in [0.4, 0.5) is 5.69 Å². The molecule has 33 heavy (non-hydrogen) atoms. The van der Waals surface area contributed by atoms with Gasteiger partial charge in [0, 0.05) is 35.4 Å². The summed E-state index contributed by atoms with van der Waals surface area (Å²) < 4.78 is 12.8. The molecule has 0 bridgehead atoms. The lowest BCUT2D eigenvalue weighted by molar-refractivity contribution is -0.142. The number of benzene rings is 3. The van der Waals surface area contributed by atoms with Crippen molar-refractivity contribution in [2.75, 3.05) is 11.9 Å². The molecule has 1 heterocycles. The monoisotopic (exact) mass is 462 g/mol. The van der Waals surface area contributed by atoms with Gasteiger partial charge in [0.1, 0.15) is 11.5 Å². The third-order valence-corrected chi connectivity index (χ3v) is 5.43. The number of hydrogen-bond donors (Lipinski definition) is 1. The number of nitrogens with zero attached hydrogens (tertiary/aromatic N) is 1. The van der Waals surface area contributed by atoms with E-state index in [4.69, 9.17) is 21.1 Å². The van der Waals surface area contributed by atoms with Gasteiger partial charge in [0.25, 0.3) is 5.91 Å². The largest absolute Gasteiger partial charge is 0.466 e. The molecule has 4 rings (SSSR count). The van der Waals surface area contributed by atoms with Crippen LogP contribution in [-0.4, -0.2) is 23.1 Å². The molecule has 0 spiro atoms. The summed E-state index contributed by atoms with van der Waals surface area (Å²) in [6.45, 7) is 2.11. The number of carbonyl (C=O) groups is 2. The van der Waals surface area contributed by atoms with Crippen molar-refractivity contribution < 1.29 is 19.1 Å². The van der Waals surface area contributed by atoms with Gasteiger partial charge in [-0.25, -0.2) is 0 Å². The Hall–Kier alpha value is -3.77. The normalized spacial score (nSPS) is 10.8. The number of esters is 1. The molecule has 0 unspecified atom stereocenters. The Bertz CT molecular complexity index is 1310. The van der Waals surface area contributed by atoms with E-state index in [1.165, 1.54) is 0 Å². The van der Waals surface area contributed by atoms with Gasteiger partial charge in [-0.3, -0.25) is 9.59 Å². The van der Waals surface area contributed by atoms with E-state index in [0.29, 0.717) is 34.4 Å². The van der Waals surface area contributed by atoms with Crippen LogP contribution in [0.1, 0.15) is 22.8 Å². The van der Waals surface area contributed by atoms with E-state index in [-0.39, 0.29) is 18.3 Å². The van der Waals surface area contributed by atoms with E-state index in [9.17, 15) is 9.59 Å².